The van der Waals surface area contributed by atoms with E-state index in [-0.39, 0.29) is 6.61 Å². The van der Waals surface area contributed by atoms with Crippen molar-refractivity contribution in [3.05, 3.63) is 80.5 Å². The van der Waals surface area contributed by atoms with Crippen molar-refractivity contribution in [3.8, 4) is 16.9 Å². The minimum Gasteiger partial charge on any atom is -0.484 e. The summed E-state index contributed by atoms with van der Waals surface area (Å²) in [7, 11) is 1.32. The quantitative estimate of drug-likeness (QED) is 0.275. The number of anilines is 1. The Balaban J connectivity index is 1.34. The summed E-state index contributed by atoms with van der Waals surface area (Å²) < 4.78 is 15.9. The third-order valence-corrected chi connectivity index (χ3v) is 7.28. The van der Waals surface area contributed by atoms with E-state index in [1.54, 1.807) is 18.2 Å². The number of esters is 1. The maximum atomic E-state index is 12.7. The van der Waals surface area contributed by atoms with Crippen LogP contribution in [-0.4, -0.2) is 25.6 Å². The van der Waals surface area contributed by atoms with Crippen molar-refractivity contribution in [2.24, 2.45) is 0 Å². The highest BCUT2D eigenvalue weighted by atomic mass is 32.1. The lowest BCUT2D eigenvalue weighted by Gasteiger charge is -2.16. The van der Waals surface area contributed by atoms with Crippen LogP contribution in [0.25, 0.3) is 22.1 Å². The van der Waals surface area contributed by atoms with Gasteiger partial charge in [0.2, 0.25) is 0 Å². The Kier molecular flexibility index (Phi) is 6.61. The molecule has 4 aromatic rings. The first-order valence-corrected chi connectivity index (χ1v) is 12.6. The molecule has 0 saturated carbocycles. The molecule has 0 spiro atoms. The molecule has 0 radical (unpaired) electrons. The van der Waals surface area contributed by atoms with Crippen molar-refractivity contribution < 1.29 is 23.5 Å². The highest BCUT2D eigenvalue weighted by molar-refractivity contribution is 7.15. The molecule has 0 bridgehead atoms. The maximum Gasteiger partial charge on any atom is 0.341 e. The Morgan fingerprint density at radius 2 is 1.86 bits per heavy atom. The molecule has 7 nitrogen and oxygen atoms in total. The largest absolute Gasteiger partial charge is 0.484 e. The maximum absolute atomic E-state index is 12.7. The van der Waals surface area contributed by atoms with Crippen LogP contribution in [-0.2, 0) is 22.4 Å². The number of aryl methyl sites for hydroxylation is 3. The summed E-state index contributed by atoms with van der Waals surface area (Å²) >= 11 is 1.27. The predicted molar refractivity (Wildman–Crippen MR) is 139 cm³/mol. The van der Waals surface area contributed by atoms with E-state index in [2.05, 4.69) is 17.4 Å². The van der Waals surface area contributed by atoms with Gasteiger partial charge in [-0.15, -0.1) is 11.3 Å². The fourth-order valence-corrected chi connectivity index (χ4v) is 5.55. The smallest absolute Gasteiger partial charge is 0.341 e. The number of rotatable bonds is 6. The number of thiophene rings is 1. The zero-order chi connectivity index (χ0) is 25.2. The van der Waals surface area contributed by atoms with Gasteiger partial charge in [-0.1, -0.05) is 18.2 Å². The van der Waals surface area contributed by atoms with Gasteiger partial charge in [0.25, 0.3) is 5.91 Å². The number of carbonyl (C=O) groups is 2. The van der Waals surface area contributed by atoms with E-state index in [4.69, 9.17) is 13.9 Å². The number of methoxy groups -OCH3 is 1. The molecule has 5 rings (SSSR count). The summed E-state index contributed by atoms with van der Waals surface area (Å²) in [5, 5.41) is 5.85. The number of nitrogens with one attached hydrogen (secondary N) is 1. The average molecular weight is 504 g/mol. The van der Waals surface area contributed by atoms with E-state index in [0.29, 0.717) is 21.9 Å². The van der Waals surface area contributed by atoms with Crippen LogP contribution in [0, 0.1) is 6.92 Å². The van der Waals surface area contributed by atoms with Crippen LogP contribution in [0.2, 0.25) is 0 Å². The summed E-state index contributed by atoms with van der Waals surface area (Å²) in [6.45, 7) is 1.54. The molecule has 0 atom stereocenters. The van der Waals surface area contributed by atoms with E-state index < -0.39 is 17.5 Å². The third-order valence-electron chi connectivity index (χ3n) is 6.39. The number of fused-ring (bicyclic) bond motifs is 2. The highest BCUT2D eigenvalue weighted by Crippen LogP contribution is 2.37. The summed E-state index contributed by atoms with van der Waals surface area (Å²) in [5.41, 5.74) is 5.39. The minimum absolute atomic E-state index is 0.283. The number of benzene rings is 2. The average Bonchev–Trinajstić information content (AvgIpc) is 3.29. The van der Waals surface area contributed by atoms with Gasteiger partial charge in [-0.2, -0.15) is 0 Å². The molecule has 36 heavy (non-hydrogen) atoms. The molecule has 0 aliphatic heterocycles. The van der Waals surface area contributed by atoms with E-state index in [1.165, 1.54) is 42.1 Å². The Morgan fingerprint density at radius 3 is 2.67 bits per heavy atom. The lowest BCUT2D eigenvalue weighted by molar-refractivity contribution is -0.118. The molecule has 2 aromatic heterocycles. The van der Waals surface area contributed by atoms with Gasteiger partial charge < -0.3 is 19.2 Å². The standard InChI is InChI=1S/C28H25NO6S/c1-16-11-25(31)35-23-13-20(9-10-21(16)23)34-14-24(30)29-27-26(28(32)33-2)22(15-36-27)19-8-7-17-5-3-4-6-18(17)12-19/h7-13,15H,3-6,14H2,1-2H3,(H,29,30). The molecular weight excluding hydrogens is 478 g/mol. The van der Waals surface area contributed by atoms with Gasteiger partial charge in [-0.25, -0.2) is 9.59 Å². The SMILES string of the molecule is COC(=O)c1c(-c2ccc3c(c2)CCCC3)csc1NC(=O)COc1ccc2c(C)cc(=O)oc2c1. The van der Waals surface area contributed by atoms with E-state index in [9.17, 15) is 14.4 Å². The van der Waals surface area contributed by atoms with Crippen molar-refractivity contribution >= 4 is 39.2 Å². The predicted octanol–water partition coefficient (Wildman–Crippen LogP) is 5.51. The van der Waals surface area contributed by atoms with Gasteiger partial charge in [0, 0.05) is 28.5 Å². The molecule has 2 heterocycles. The lowest BCUT2D eigenvalue weighted by atomic mass is 9.89. The van der Waals surface area contributed by atoms with Crippen LogP contribution in [0.4, 0.5) is 5.00 Å². The highest BCUT2D eigenvalue weighted by Gasteiger charge is 2.23. The Hall–Kier alpha value is -3.91. The first-order chi connectivity index (χ1) is 17.4. The summed E-state index contributed by atoms with van der Waals surface area (Å²) in [5.74, 6) is -0.551. The topological polar surface area (TPSA) is 94.8 Å². The second kappa shape index (κ2) is 9.99. The monoisotopic (exact) mass is 503 g/mol. The number of amides is 1. The molecule has 0 saturated heterocycles. The van der Waals surface area contributed by atoms with E-state index in [0.717, 1.165) is 41.3 Å². The Morgan fingerprint density at radius 1 is 1.06 bits per heavy atom. The number of hydrogen-bond acceptors (Lipinski definition) is 7. The lowest BCUT2D eigenvalue weighted by Crippen LogP contribution is -2.21. The fraction of sp³-hybridized carbons (Fsp3) is 0.250. The van der Waals surface area contributed by atoms with Gasteiger partial charge in [0.1, 0.15) is 21.9 Å². The van der Waals surface area contributed by atoms with Crippen LogP contribution in [0.3, 0.4) is 0 Å². The van der Waals surface area contributed by atoms with Crippen molar-refractivity contribution in [2.75, 3.05) is 19.0 Å². The summed E-state index contributed by atoms with van der Waals surface area (Å²) in [4.78, 5) is 37.1. The van der Waals surface area contributed by atoms with Gasteiger partial charge in [0.05, 0.1) is 7.11 Å². The molecule has 2 aromatic carbocycles. The Labute approximate surface area is 211 Å². The van der Waals surface area contributed by atoms with Crippen molar-refractivity contribution in [1.29, 1.82) is 0 Å². The van der Waals surface area contributed by atoms with Crippen LogP contribution in [0.1, 0.15) is 39.9 Å². The first-order valence-electron chi connectivity index (χ1n) is 11.7. The first kappa shape index (κ1) is 23.8. The number of hydrogen-bond donors (Lipinski definition) is 1. The van der Waals surface area contributed by atoms with Crippen molar-refractivity contribution in [1.82, 2.24) is 0 Å². The minimum atomic E-state index is -0.514. The number of ether oxygens (including phenoxy) is 2. The molecule has 1 aliphatic carbocycles. The van der Waals surface area contributed by atoms with E-state index in [1.807, 2.05) is 18.4 Å². The molecule has 0 fully saturated rings. The molecule has 1 amide bonds. The van der Waals surface area contributed by atoms with Crippen LogP contribution in [0.15, 0.2) is 57.1 Å². The van der Waals surface area contributed by atoms with Crippen LogP contribution < -0.4 is 15.7 Å². The van der Waals surface area contributed by atoms with Crippen LogP contribution in [0.5, 0.6) is 5.75 Å². The molecule has 1 aliphatic rings. The molecule has 1 N–H and O–H groups in total. The zero-order valence-corrected chi connectivity index (χ0v) is 20.8. The van der Waals surface area contributed by atoms with Crippen molar-refractivity contribution in [2.45, 2.75) is 32.6 Å². The summed E-state index contributed by atoms with van der Waals surface area (Å²) in [6.07, 6.45) is 4.46. The normalized spacial score (nSPS) is 12.7. The molecular formula is C28H25NO6S. The second-order valence-electron chi connectivity index (χ2n) is 8.78. The second-order valence-corrected chi connectivity index (χ2v) is 9.66. The molecule has 8 heteroatoms. The number of carbonyl (C=O) groups excluding carboxylic acids is 2. The molecule has 184 valence electrons. The molecule has 0 unspecified atom stereocenters. The summed E-state index contributed by atoms with van der Waals surface area (Å²) in [6, 6.07) is 12.8. The Bertz CT molecular complexity index is 1530. The van der Waals surface area contributed by atoms with Gasteiger partial charge in [-0.05, 0) is 67.0 Å². The van der Waals surface area contributed by atoms with Crippen molar-refractivity contribution in [3.63, 3.8) is 0 Å². The fourth-order valence-electron chi connectivity index (χ4n) is 4.57. The van der Waals surface area contributed by atoms with E-state index >= 15 is 0 Å². The zero-order valence-electron chi connectivity index (χ0n) is 20.0. The third kappa shape index (κ3) is 4.77. The van der Waals surface area contributed by atoms with Gasteiger partial charge in [0.15, 0.2) is 6.61 Å². The van der Waals surface area contributed by atoms with Crippen LogP contribution >= 0.6 is 11.3 Å². The van der Waals surface area contributed by atoms with Gasteiger partial charge in [-0.3, -0.25) is 4.79 Å². The van der Waals surface area contributed by atoms with Gasteiger partial charge >= 0.3 is 11.6 Å².